The van der Waals surface area contributed by atoms with Crippen LogP contribution in [0, 0.1) is 25.7 Å². The number of rotatable bonds is 2. The zero-order valence-electron chi connectivity index (χ0n) is 9.36. The Balaban J connectivity index is 3.00. The molecular weight excluding hydrogens is 208 g/mol. The molecule has 0 heterocycles. The van der Waals surface area contributed by atoms with Gasteiger partial charge in [0, 0.05) is 17.9 Å². The van der Waals surface area contributed by atoms with E-state index in [1.165, 1.54) is 0 Å². The van der Waals surface area contributed by atoms with Crippen LogP contribution in [0.5, 0.6) is 5.75 Å². The summed E-state index contributed by atoms with van der Waals surface area (Å²) >= 11 is 5.56. The SMILES string of the molecule is COc1c(C)cc(C#CCCCl)cc1C. The van der Waals surface area contributed by atoms with Crippen LogP contribution in [0.1, 0.15) is 23.1 Å². The average molecular weight is 223 g/mol. The minimum atomic E-state index is 0.584. The first-order valence-electron chi connectivity index (χ1n) is 4.89. The maximum absolute atomic E-state index is 5.56. The molecule has 0 unspecified atom stereocenters. The Morgan fingerprint density at radius 3 is 2.33 bits per heavy atom. The largest absolute Gasteiger partial charge is 0.496 e. The van der Waals surface area contributed by atoms with Crippen molar-refractivity contribution in [3.05, 3.63) is 28.8 Å². The summed E-state index contributed by atoms with van der Waals surface area (Å²) in [6.07, 6.45) is 0.728. The summed E-state index contributed by atoms with van der Waals surface area (Å²) in [5.74, 6) is 7.64. The first-order valence-corrected chi connectivity index (χ1v) is 5.42. The van der Waals surface area contributed by atoms with Gasteiger partial charge < -0.3 is 4.74 Å². The molecule has 1 rings (SSSR count). The van der Waals surface area contributed by atoms with Gasteiger partial charge in [0.25, 0.3) is 0 Å². The lowest BCUT2D eigenvalue weighted by atomic mass is 10.1. The molecule has 0 bridgehead atoms. The number of methoxy groups -OCH3 is 1. The van der Waals surface area contributed by atoms with E-state index in [2.05, 4.69) is 11.8 Å². The quantitative estimate of drug-likeness (QED) is 0.551. The topological polar surface area (TPSA) is 9.23 Å². The normalized spacial score (nSPS) is 9.33. The molecule has 2 heteroatoms. The summed E-state index contributed by atoms with van der Waals surface area (Å²) in [6.45, 7) is 4.05. The average Bonchev–Trinajstić information content (AvgIpc) is 2.18. The lowest BCUT2D eigenvalue weighted by Crippen LogP contribution is -1.92. The van der Waals surface area contributed by atoms with Crippen molar-refractivity contribution in [1.29, 1.82) is 0 Å². The second kappa shape index (κ2) is 5.68. The Labute approximate surface area is 96.4 Å². The highest BCUT2D eigenvalue weighted by Crippen LogP contribution is 2.23. The molecule has 15 heavy (non-hydrogen) atoms. The van der Waals surface area contributed by atoms with Gasteiger partial charge in [0.05, 0.1) is 7.11 Å². The minimum Gasteiger partial charge on any atom is -0.496 e. The third kappa shape index (κ3) is 3.18. The molecule has 0 fully saturated rings. The summed E-state index contributed by atoms with van der Waals surface area (Å²) in [5.41, 5.74) is 3.26. The molecule has 0 aliphatic heterocycles. The molecule has 0 saturated heterocycles. The number of aryl methyl sites for hydroxylation is 2. The molecular formula is C13H15ClO. The zero-order chi connectivity index (χ0) is 11.3. The lowest BCUT2D eigenvalue weighted by molar-refractivity contribution is 0.408. The Kier molecular flexibility index (Phi) is 4.52. The molecule has 1 aromatic carbocycles. The van der Waals surface area contributed by atoms with Crippen LogP contribution in [0.15, 0.2) is 12.1 Å². The van der Waals surface area contributed by atoms with Crippen LogP contribution in [-0.4, -0.2) is 13.0 Å². The standard InChI is InChI=1S/C13H15ClO/c1-10-8-12(6-4-5-7-14)9-11(2)13(10)15-3/h8-9H,5,7H2,1-3H3. The maximum Gasteiger partial charge on any atom is 0.124 e. The third-order valence-electron chi connectivity index (χ3n) is 2.12. The molecule has 1 nitrogen and oxygen atoms in total. The van der Waals surface area contributed by atoms with Gasteiger partial charge in [0.2, 0.25) is 0 Å². The summed E-state index contributed by atoms with van der Waals surface area (Å²) in [5, 5.41) is 0. The first-order chi connectivity index (χ1) is 7.19. The summed E-state index contributed by atoms with van der Waals surface area (Å²) in [6, 6.07) is 4.07. The van der Waals surface area contributed by atoms with Gasteiger partial charge in [-0.2, -0.15) is 0 Å². The van der Waals surface area contributed by atoms with Crippen LogP contribution in [-0.2, 0) is 0 Å². The van der Waals surface area contributed by atoms with Crippen molar-refractivity contribution in [3.8, 4) is 17.6 Å². The third-order valence-corrected chi connectivity index (χ3v) is 2.31. The van der Waals surface area contributed by atoms with E-state index in [1.54, 1.807) is 7.11 Å². The lowest BCUT2D eigenvalue weighted by Gasteiger charge is -2.08. The van der Waals surface area contributed by atoms with Crippen LogP contribution in [0.2, 0.25) is 0 Å². The molecule has 0 atom stereocenters. The smallest absolute Gasteiger partial charge is 0.124 e. The van der Waals surface area contributed by atoms with E-state index in [0.717, 1.165) is 28.9 Å². The summed E-state index contributed by atoms with van der Waals surface area (Å²) in [4.78, 5) is 0. The highest BCUT2D eigenvalue weighted by molar-refractivity contribution is 6.18. The van der Waals surface area contributed by atoms with Gasteiger partial charge in [-0.05, 0) is 37.1 Å². The van der Waals surface area contributed by atoms with Gasteiger partial charge in [-0.15, -0.1) is 11.6 Å². The zero-order valence-corrected chi connectivity index (χ0v) is 10.1. The van der Waals surface area contributed by atoms with Crippen molar-refractivity contribution in [2.45, 2.75) is 20.3 Å². The van der Waals surface area contributed by atoms with Gasteiger partial charge in [-0.1, -0.05) is 11.8 Å². The highest BCUT2D eigenvalue weighted by Gasteiger charge is 2.03. The fourth-order valence-corrected chi connectivity index (χ4v) is 1.65. The van der Waals surface area contributed by atoms with Gasteiger partial charge in [0.15, 0.2) is 0 Å². The van der Waals surface area contributed by atoms with Crippen LogP contribution in [0.4, 0.5) is 0 Å². The van der Waals surface area contributed by atoms with Crippen molar-refractivity contribution in [2.24, 2.45) is 0 Å². The molecule has 0 amide bonds. The Morgan fingerprint density at radius 2 is 1.87 bits per heavy atom. The van der Waals surface area contributed by atoms with Crippen LogP contribution in [0.25, 0.3) is 0 Å². The van der Waals surface area contributed by atoms with Crippen LogP contribution in [0.3, 0.4) is 0 Å². The first kappa shape index (κ1) is 11.9. The van der Waals surface area contributed by atoms with Crippen LogP contribution >= 0.6 is 11.6 Å². The van der Waals surface area contributed by atoms with Gasteiger partial charge in [-0.3, -0.25) is 0 Å². The van der Waals surface area contributed by atoms with Crippen molar-refractivity contribution in [1.82, 2.24) is 0 Å². The number of halogens is 1. The fraction of sp³-hybridized carbons (Fsp3) is 0.385. The van der Waals surface area contributed by atoms with Gasteiger partial charge in [-0.25, -0.2) is 0 Å². The monoisotopic (exact) mass is 222 g/mol. The highest BCUT2D eigenvalue weighted by atomic mass is 35.5. The second-order valence-electron chi connectivity index (χ2n) is 3.38. The Morgan fingerprint density at radius 1 is 1.27 bits per heavy atom. The molecule has 0 radical (unpaired) electrons. The summed E-state index contributed by atoms with van der Waals surface area (Å²) in [7, 11) is 1.69. The Hall–Kier alpha value is -1.13. The van der Waals surface area contributed by atoms with E-state index in [4.69, 9.17) is 16.3 Å². The number of ether oxygens (including phenoxy) is 1. The van der Waals surface area contributed by atoms with E-state index in [0.29, 0.717) is 5.88 Å². The minimum absolute atomic E-state index is 0.584. The van der Waals surface area contributed by atoms with E-state index in [1.807, 2.05) is 26.0 Å². The number of benzene rings is 1. The number of alkyl halides is 1. The van der Waals surface area contributed by atoms with Crippen molar-refractivity contribution >= 4 is 11.6 Å². The fourth-order valence-electron chi connectivity index (χ4n) is 1.56. The van der Waals surface area contributed by atoms with Crippen molar-refractivity contribution in [3.63, 3.8) is 0 Å². The number of hydrogen-bond acceptors (Lipinski definition) is 1. The van der Waals surface area contributed by atoms with Crippen LogP contribution < -0.4 is 4.74 Å². The molecule has 0 spiro atoms. The molecule has 0 saturated carbocycles. The Bertz CT molecular complexity index is 376. The van der Waals surface area contributed by atoms with Crippen molar-refractivity contribution in [2.75, 3.05) is 13.0 Å². The predicted octanol–water partition coefficient (Wildman–Crippen LogP) is 3.29. The molecule has 80 valence electrons. The van der Waals surface area contributed by atoms with E-state index in [-0.39, 0.29) is 0 Å². The maximum atomic E-state index is 5.56. The summed E-state index contributed by atoms with van der Waals surface area (Å²) < 4.78 is 5.29. The molecule has 0 aliphatic carbocycles. The van der Waals surface area contributed by atoms with E-state index < -0.39 is 0 Å². The molecule has 0 N–H and O–H groups in total. The molecule has 1 aromatic rings. The molecule has 0 aliphatic rings. The predicted molar refractivity (Wildman–Crippen MR) is 64.7 cm³/mol. The number of hydrogen-bond donors (Lipinski definition) is 0. The molecule has 0 aromatic heterocycles. The second-order valence-corrected chi connectivity index (χ2v) is 3.76. The van der Waals surface area contributed by atoms with Gasteiger partial charge in [0.1, 0.15) is 5.75 Å². The van der Waals surface area contributed by atoms with E-state index in [9.17, 15) is 0 Å². The van der Waals surface area contributed by atoms with Gasteiger partial charge >= 0.3 is 0 Å². The van der Waals surface area contributed by atoms with Crippen molar-refractivity contribution < 1.29 is 4.74 Å². The van der Waals surface area contributed by atoms with E-state index >= 15 is 0 Å².